The van der Waals surface area contributed by atoms with Gasteiger partial charge in [-0.1, -0.05) is 36.7 Å². The van der Waals surface area contributed by atoms with Gasteiger partial charge in [0.05, 0.1) is 0 Å². The fraction of sp³-hybridized carbons (Fsp3) is 0.529. The minimum Gasteiger partial charge on any atom is -0.361 e. The maximum absolute atomic E-state index is 3.60. The summed E-state index contributed by atoms with van der Waals surface area (Å²) in [6.45, 7) is 7.24. The van der Waals surface area contributed by atoms with Gasteiger partial charge in [-0.2, -0.15) is 0 Å². The SMILES string of the molecule is CC1CC(c2c[nH]c3ccc(Br)cc23)CC(C)(C)C1. The summed E-state index contributed by atoms with van der Waals surface area (Å²) in [6.07, 6.45) is 6.21. The Labute approximate surface area is 123 Å². The monoisotopic (exact) mass is 319 g/mol. The van der Waals surface area contributed by atoms with E-state index in [1.807, 2.05) is 0 Å². The van der Waals surface area contributed by atoms with Gasteiger partial charge in [-0.25, -0.2) is 0 Å². The molecule has 0 amide bonds. The Morgan fingerprint density at radius 2 is 2.05 bits per heavy atom. The highest BCUT2D eigenvalue weighted by atomic mass is 79.9. The van der Waals surface area contributed by atoms with Crippen molar-refractivity contribution < 1.29 is 0 Å². The molecular weight excluding hydrogens is 298 g/mol. The van der Waals surface area contributed by atoms with Crippen LogP contribution in [-0.2, 0) is 0 Å². The van der Waals surface area contributed by atoms with Crippen LogP contribution in [0.5, 0.6) is 0 Å². The Morgan fingerprint density at radius 3 is 2.79 bits per heavy atom. The lowest BCUT2D eigenvalue weighted by atomic mass is 9.66. The highest BCUT2D eigenvalue weighted by Gasteiger charge is 2.33. The van der Waals surface area contributed by atoms with Crippen LogP contribution in [0, 0.1) is 11.3 Å². The molecule has 19 heavy (non-hydrogen) atoms. The topological polar surface area (TPSA) is 15.8 Å². The van der Waals surface area contributed by atoms with E-state index in [-0.39, 0.29) is 0 Å². The van der Waals surface area contributed by atoms with Crippen molar-refractivity contribution >= 4 is 26.8 Å². The van der Waals surface area contributed by atoms with Crippen LogP contribution in [0.3, 0.4) is 0 Å². The highest BCUT2D eigenvalue weighted by molar-refractivity contribution is 9.10. The van der Waals surface area contributed by atoms with Gasteiger partial charge < -0.3 is 4.98 Å². The van der Waals surface area contributed by atoms with E-state index >= 15 is 0 Å². The Hall–Kier alpha value is -0.760. The van der Waals surface area contributed by atoms with Gasteiger partial charge >= 0.3 is 0 Å². The zero-order chi connectivity index (χ0) is 13.6. The number of aromatic nitrogens is 1. The summed E-state index contributed by atoms with van der Waals surface area (Å²) < 4.78 is 1.17. The number of aromatic amines is 1. The Morgan fingerprint density at radius 1 is 1.26 bits per heavy atom. The molecule has 1 fully saturated rings. The summed E-state index contributed by atoms with van der Waals surface area (Å²) >= 11 is 3.60. The van der Waals surface area contributed by atoms with Crippen LogP contribution in [0.25, 0.3) is 10.9 Å². The predicted octanol–water partition coefficient (Wildman–Crippen LogP) is 5.86. The molecule has 2 heteroatoms. The van der Waals surface area contributed by atoms with E-state index in [4.69, 9.17) is 0 Å². The molecule has 0 radical (unpaired) electrons. The lowest BCUT2D eigenvalue weighted by Gasteiger charge is -2.39. The number of fused-ring (bicyclic) bond motifs is 1. The third-order valence-electron chi connectivity index (χ3n) is 4.50. The number of hydrogen-bond acceptors (Lipinski definition) is 0. The second kappa shape index (κ2) is 4.66. The van der Waals surface area contributed by atoms with Crippen LogP contribution in [-0.4, -0.2) is 4.98 Å². The van der Waals surface area contributed by atoms with E-state index < -0.39 is 0 Å². The second-order valence-corrected chi connectivity index (χ2v) is 7.96. The molecule has 0 bridgehead atoms. The fourth-order valence-electron chi connectivity index (χ4n) is 4.04. The maximum Gasteiger partial charge on any atom is 0.0457 e. The van der Waals surface area contributed by atoms with Crippen LogP contribution < -0.4 is 0 Å². The number of halogens is 1. The van der Waals surface area contributed by atoms with Crippen LogP contribution >= 0.6 is 15.9 Å². The minimum atomic E-state index is 0.470. The van der Waals surface area contributed by atoms with Gasteiger partial charge in [-0.3, -0.25) is 0 Å². The molecule has 1 N–H and O–H groups in total. The lowest BCUT2D eigenvalue weighted by molar-refractivity contribution is 0.169. The summed E-state index contributed by atoms with van der Waals surface area (Å²) in [5, 5.41) is 1.39. The van der Waals surface area contributed by atoms with Crippen LogP contribution in [0.2, 0.25) is 0 Å². The van der Waals surface area contributed by atoms with Crippen molar-refractivity contribution in [3.63, 3.8) is 0 Å². The molecular formula is C17H22BrN. The van der Waals surface area contributed by atoms with Gasteiger partial charge in [-0.05, 0) is 60.3 Å². The Balaban J connectivity index is 2.02. The van der Waals surface area contributed by atoms with Crippen molar-refractivity contribution in [1.82, 2.24) is 4.98 Å². The molecule has 0 saturated heterocycles. The van der Waals surface area contributed by atoms with E-state index in [9.17, 15) is 0 Å². The lowest BCUT2D eigenvalue weighted by Crippen LogP contribution is -2.26. The number of nitrogens with one attached hydrogen (secondary N) is 1. The zero-order valence-electron chi connectivity index (χ0n) is 12.0. The van der Waals surface area contributed by atoms with Crippen LogP contribution in [0.15, 0.2) is 28.9 Å². The van der Waals surface area contributed by atoms with Gasteiger partial charge in [0, 0.05) is 21.6 Å². The second-order valence-electron chi connectivity index (χ2n) is 7.04. The van der Waals surface area contributed by atoms with E-state index in [2.05, 4.69) is 66.1 Å². The normalized spacial score (nSPS) is 26.7. The minimum absolute atomic E-state index is 0.470. The van der Waals surface area contributed by atoms with Gasteiger partial charge in [0.1, 0.15) is 0 Å². The molecule has 102 valence electrons. The molecule has 1 heterocycles. The summed E-state index contributed by atoms with van der Waals surface area (Å²) in [5.41, 5.74) is 3.24. The zero-order valence-corrected chi connectivity index (χ0v) is 13.5. The molecule has 2 unspecified atom stereocenters. The van der Waals surface area contributed by atoms with Gasteiger partial charge in [-0.15, -0.1) is 0 Å². The first-order chi connectivity index (χ1) is 8.94. The van der Waals surface area contributed by atoms with Crippen molar-refractivity contribution in [3.8, 4) is 0 Å². The first kappa shape index (κ1) is 13.2. The molecule has 0 aliphatic heterocycles. The molecule has 0 spiro atoms. The van der Waals surface area contributed by atoms with Crippen molar-refractivity contribution in [2.24, 2.45) is 11.3 Å². The molecule has 1 aliphatic carbocycles. The summed E-state index contributed by atoms with van der Waals surface area (Å²) in [5.74, 6) is 1.52. The van der Waals surface area contributed by atoms with Crippen LogP contribution in [0.4, 0.5) is 0 Å². The summed E-state index contributed by atoms with van der Waals surface area (Å²) in [4.78, 5) is 3.43. The van der Waals surface area contributed by atoms with Crippen LogP contribution in [0.1, 0.15) is 51.5 Å². The smallest absolute Gasteiger partial charge is 0.0457 e. The van der Waals surface area contributed by atoms with Gasteiger partial charge in [0.2, 0.25) is 0 Å². The number of H-pyrrole nitrogens is 1. The molecule has 3 rings (SSSR count). The predicted molar refractivity (Wildman–Crippen MR) is 85.5 cm³/mol. The number of hydrogen-bond donors (Lipinski definition) is 1. The first-order valence-corrected chi connectivity index (χ1v) is 8.00. The average molecular weight is 320 g/mol. The average Bonchev–Trinajstić information content (AvgIpc) is 2.68. The molecule has 1 aliphatic rings. The van der Waals surface area contributed by atoms with E-state index in [0.29, 0.717) is 11.3 Å². The van der Waals surface area contributed by atoms with Crippen molar-refractivity contribution in [2.75, 3.05) is 0 Å². The van der Waals surface area contributed by atoms with Crippen molar-refractivity contribution in [2.45, 2.75) is 46.0 Å². The van der Waals surface area contributed by atoms with Gasteiger partial charge in [0.25, 0.3) is 0 Å². The molecule has 1 aromatic heterocycles. The third-order valence-corrected chi connectivity index (χ3v) is 5.00. The van der Waals surface area contributed by atoms with E-state index in [0.717, 1.165) is 5.92 Å². The fourth-order valence-corrected chi connectivity index (χ4v) is 4.40. The number of benzene rings is 1. The third kappa shape index (κ3) is 2.60. The van der Waals surface area contributed by atoms with Crippen molar-refractivity contribution in [1.29, 1.82) is 0 Å². The standard InChI is InChI=1S/C17H22BrN/c1-11-6-12(9-17(2,3)8-11)15-10-19-16-5-4-13(18)7-14(15)16/h4-5,7,10-12,19H,6,8-9H2,1-3H3. The summed E-state index contributed by atoms with van der Waals surface area (Å²) in [6, 6.07) is 6.53. The maximum atomic E-state index is 3.60. The van der Waals surface area contributed by atoms with E-state index in [1.165, 1.54) is 40.2 Å². The Kier molecular flexibility index (Phi) is 3.24. The molecule has 2 atom stereocenters. The summed E-state index contributed by atoms with van der Waals surface area (Å²) in [7, 11) is 0. The van der Waals surface area contributed by atoms with E-state index in [1.54, 1.807) is 0 Å². The molecule has 1 saturated carbocycles. The quantitative estimate of drug-likeness (QED) is 0.677. The number of rotatable bonds is 1. The molecule has 2 aromatic rings. The Bertz CT molecular complexity index is 596. The largest absolute Gasteiger partial charge is 0.361 e. The molecule has 1 nitrogen and oxygen atoms in total. The van der Waals surface area contributed by atoms with Crippen molar-refractivity contribution in [3.05, 3.63) is 34.4 Å². The molecule has 1 aromatic carbocycles. The van der Waals surface area contributed by atoms with Gasteiger partial charge in [0.15, 0.2) is 0 Å². The highest BCUT2D eigenvalue weighted by Crippen LogP contribution is 2.47. The first-order valence-electron chi connectivity index (χ1n) is 7.21.